The van der Waals surface area contributed by atoms with E-state index in [-0.39, 0.29) is 21.7 Å². The minimum atomic E-state index is 0.0321. The Kier molecular flexibility index (Phi) is 19.9. The first-order chi connectivity index (χ1) is 54.8. The molecule has 20 rings (SSSR count). The summed E-state index contributed by atoms with van der Waals surface area (Å²) < 4.78 is 26.6. The Labute approximate surface area is 689 Å². The molecule has 0 saturated heterocycles. The maximum atomic E-state index is 6.75. The summed E-state index contributed by atoms with van der Waals surface area (Å²) in [7, 11) is 0. The van der Waals surface area contributed by atoms with E-state index in [2.05, 4.69) is 264 Å². The largest absolute Gasteiger partial charge is 0.454 e. The number of nitrogens with zero attached hydrogens (tertiary/aromatic N) is 3. The summed E-state index contributed by atoms with van der Waals surface area (Å²) in [4.78, 5) is 6.96. The lowest BCUT2D eigenvalue weighted by Crippen LogP contribution is -2.34. The number of anilines is 10. The fraction of sp³-hybridized carbons (Fsp3) is 0.176. The summed E-state index contributed by atoms with van der Waals surface area (Å²) in [5.74, 6) is 0. The van der Waals surface area contributed by atoms with Gasteiger partial charge in [-0.25, -0.2) is 0 Å². The zero-order valence-corrected chi connectivity index (χ0v) is 69.5. The van der Waals surface area contributed by atoms with Crippen molar-refractivity contribution in [1.29, 1.82) is 0 Å². The lowest BCUT2D eigenvalue weighted by molar-refractivity contribution is 0.332. The second-order valence-electron chi connectivity index (χ2n) is 33.0. The second kappa shape index (κ2) is 30.0. The molecular weight excluding hydrogens is 1530 g/mol. The summed E-state index contributed by atoms with van der Waals surface area (Å²) in [6.07, 6.45) is 4.66. The van der Waals surface area contributed by atoms with Crippen LogP contribution < -0.4 is 20.4 Å². The number of furan rings is 4. The molecular formula is C102H88BrCl3N4O4. The van der Waals surface area contributed by atoms with Crippen LogP contribution in [0.5, 0.6) is 0 Å². The number of nitrogen functional groups attached to an aromatic ring is 1. The maximum Gasteiger partial charge on any atom is 0.159 e. The van der Waals surface area contributed by atoms with E-state index in [0.29, 0.717) is 10.7 Å². The van der Waals surface area contributed by atoms with Crippen molar-refractivity contribution >= 4 is 195 Å². The van der Waals surface area contributed by atoms with Crippen LogP contribution in [0.3, 0.4) is 0 Å². The lowest BCUT2D eigenvalue weighted by atomic mass is 9.63. The van der Waals surface area contributed by atoms with Gasteiger partial charge in [0.2, 0.25) is 0 Å². The van der Waals surface area contributed by atoms with Gasteiger partial charge in [-0.3, -0.25) is 0 Å². The summed E-state index contributed by atoms with van der Waals surface area (Å²) in [5.41, 5.74) is 30.8. The molecule has 2 aliphatic rings. The molecule has 114 heavy (non-hydrogen) atoms. The molecule has 0 amide bonds. The fourth-order valence-corrected chi connectivity index (χ4v) is 18.3. The highest BCUT2D eigenvalue weighted by Gasteiger charge is 2.40. The first-order valence-corrected chi connectivity index (χ1v) is 40.9. The zero-order chi connectivity index (χ0) is 79.1. The summed E-state index contributed by atoms with van der Waals surface area (Å²) >= 11 is 22.2. The third-order valence-corrected chi connectivity index (χ3v) is 24.4. The summed E-state index contributed by atoms with van der Waals surface area (Å²) in [5, 5.41) is 11.0. The van der Waals surface area contributed by atoms with Crippen LogP contribution in [0.2, 0.25) is 15.1 Å². The number of nitrogens with two attached hydrogens (primary N) is 1. The van der Waals surface area contributed by atoms with Crippen molar-refractivity contribution in [3.05, 3.63) is 344 Å². The van der Waals surface area contributed by atoms with Gasteiger partial charge in [0.05, 0.1) is 22.7 Å². The number of rotatable bonds is 9. The van der Waals surface area contributed by atoms with Gasteiger partial charge in [0, 0.05) is 96.8 Å². The van der Waals surface area contributed by atoms with Crippen LogP contribution in [-0.4, -0.2) is 0 Å². The molecule has 4 heterocycles. The van der Waals surface area contributed by atoms with E-state index in [1.807, 2.05) is 127 Å². The Morgan fingerprint density at radius 1 is 0.281 bits per heavy atom. The number of benzene rings is 14. The first kappa shape index (κ1) is 75.5. The molecule has 2 N–H and O–H groups in total. The molecule has 0 fully saturated rings. The van der Waals surface area contributed by atoms with Gasteiger partial charge < -0.3 is 38.1 Å². The van der Waals surface area contributed by atoms with E-state index < -0.39 is 0 Å². The van der Waals surface area contributed by atoms with E-state index in [9.17, 15) is 0 Å². The molecule has 0 bridgehead atoms. The molecule has 0 unspecified atom stereocenters. The molecule has 0 aliphatic heterocycles. The molecule has 14 aromatic carbocycles. The Bertz CT molecular complexity index is 6700. The summed E-state index contributed by atoms with van der Waals surface area (Å²) in [6, 6.07) is 101. The predicted molar refractivity (Wildman–Crippen MR) is 486 cm³/mol. The van der Waals surface area contributed by atoms with Gasteiger partial charge in [-0.05, 0) is 240 Å². The standard InChI is InChI=1S/C51H43ClN2O2.C33H32ClNO.C12H9NO.C6H4BrCl/c1-32-27-36(53(34-14-10-13-33(52)29-34)44-19-11-17-40-38-15-6-8-21-46(38)55-48(40)44)30-37(28-32)54(35-23-24-42-43(31-35)51(4,5)26-25-50(42,2)3)45-20-12-18-41-39-16-7-9-22-47(39)56-49(41)45;1-21-17-22(34)19-24(18-21)35(23-13-14-27-28(20-23)33(4,5)16-15-32(27,2)3)29-11-8-10-26-25-9-6-7-12-30(25)36-31(26)29;13-10-6-3-5-9-8-4-1-2-7-11(8)14-12(9)10;7-5-2-1-3-6(8)4-5/h6-24,27-31H,25-26H2,1-5H3;6-14,17-20H,15-16H2,1-5H3;1-7H,13H2;1-4H. The molecule has 0 radical (unpaired) electrons. The van der Waals surface area contributed by atoms with Gasteiger partial charge >= 0.3 is 0 Å². The Balaban J connectivity index is 0.000000136. The third kappa shape index (κ3) is 14.3. The highest BCUT2D eigenvalue weighted by Crippen LogP contribution is 2.54. The number of hydrogen-bond acceptors (Lipinski definition) is 8. The quantitative estimate of drug-likeness (QED) is 0.143. The molecule has 4 aromatic heterocycles. The van der Waals surface area contributed by atoms with Crippen molar-refractivity contribution in [1.82, 2.24) is 0 Å². The van der Waals surface area contributed by atoms with E-state index in [1.54, 1.807) is 0 Å². The minimum Gasteiger partial charge on any atom is -0.454 e. The van der Waals surface area contributed by atoms with Crippen LogP contribution in [0.15, 0.2) is 313 Å². The number of aryl methyl sites for hydroxylation is 2. The van der Waals surface area contributed by atoms with Gasteiger partial charge in [0.25, 0.3) is 0 Å². The number of hydrogen-bond donors (Lipinski definition) is 1. The van der Waals surface area contributed by atoms with Gasteiger partial charge in [-0.2, -0.15) is 0 Å². The Hall–Kier alpha value is -11.2. The van der Waals surface area contributed by atoms with Crippen molar-refractivity contribution in [2.24, 2.45) is 0 Å². The average molecular weight is 1620 g/mol. The van der Waals surface area contributed by atoms with Crippen molar-refractivity contribution in [3.8, 4) is 0 Å². The number of para-hydroxylation sites is 8. The normalized spacial score (nSPS) is 14.4. The fourth-order valence-electron chi connectivity index (χ4n) is 17.1. The first-order valence-electron chi connectivity index (χ1n) is 39.0. The van der Waals surface area contributed by atoms with Crippen molar-refractivity contribution in [3.63, 3.8) is 0 Å². The molecule has 2 aliphatic carbocycles. The highest BCUT2D eigenvalue weighted by molar-refractivity contribution is 9.10. The van der Waals surface area contributed by atoms with Crippen LogP contribution in [0, 0.1) is 13.8 Å². The SMILES string of the molecule is Cc1cc(Cl)cc(N(c2ccc3c(c2)C(C)(C)CCC3(C)C)c2cccc3c2oc2ccccc23)c1.Cc1cc(N(c2cccc(Cl)c2)c2cccc3c2oc2ccccc23)cc(N(c2ccc3c(c2)C(C)(C)CCC3(C)C)c2cccc3c2oc2ccccc23)c1.Clc1cccc(Br)c1.Nc1cccc2c1oc1ccccc12. The van der Waals surface area contributed by atoms with E-state index in [0.717, 1.165) is 177 Å². The Morgan fingerprint density at radius 3 is 0.982 bits per heavy atom. The van der Waals surface area contributed by atoms with E-state index in [1.165, 1.54) is 35.1 Å². The predicted octanol–water partition coefficient (Wildman–Crippen LogP) is 32.4. The Morgan fingerprint density at radius 2 is 0.596 bits per heavy atom. The molecule has 0 spiro atoms. The van der Waals surface area contributed by atoms with Gasteiger partial charge in [0.1, 0.15) is 22.3 Å². The van der Waals surface area contributed by atoms with E-state index in [4.69, 9.17) is 58.2 Å². The van der Waals surface area contributed by atoms with Crippen molar-refractivity contribution < 1.29 is 17.7 Å². The summed E-state index contributed by atoms with van der Waals surface area (Å²) in [6.45, 7) is 23.3. The monoisotopic (exact) mass is 1620 g/mol. The second-order valence-corrected chi connectivity index (χ2v) is 35.2. The van der Waals surface area contributed by atoms with Crippen molar-refractivity contribution in [2.75, 3.05) is 20.4 Å². The lowest BCUT2D eigenvalue weighted by Gasteiger charge is -2.42. The smallest absolute Gasteiger partial charge is 0.159 e. The molecule has 8 nitrogen and oxygen atoms in total. The minimum absolute atomic E-state index is 0.0321. The van der Waals surface area contributed by atoms with Crippen LogP contribution >= 0.6 is 50.7 Å². The van der Waals surface area contributed by atoms with Gasteiger partial charge in [0.15, 0.2) is 22.3 Å². The molecule has 18 aromatic rings. The topological polar surface area (TPSA) is 88.3 Å². The van der Waals surface area contributed by atoms with Crippen LogP contribution in [0.1, 0.15) is 114 Å². The molecule has 568 valence electrons. The molecule has 12 heteroatoms. The average Bonchev–Trinajstić information content (AvgIpc) is 1.56. The molecule has 0 saturated carbocycles. The van der Waals surface area contributed by atoms with Crippen LogP contribution in [0.4, 0.5) is 56.9 Å². The van der Waals surface area contributed by atoms with E-state index >= 15 is 0 Å². The van der Waals surface area contributed by atoms with Gasteiger partial charge in [-0.15, -0.1) is 0 Å². The van der Waals surface area contributed by atoms with Crippen LogP contribution in [0.25, 0.3) is 87.8 Å². The third-order valence-electron chi connectivity index (χ3n) is 23.2. The number of halogens is 4. The molecule has 0 atom stereocenters. The highest BCUT2D eigenvalue weighted by atomic mass is 79.9. The van der Waals surface area contributed by atoms with Crippen LogP contribution in [-0.2, 0) is 21.7 Å². The zero-order valence-electron chi connectivity index (χ0n) is 65.6. The van der Waals surface area contributed by atoms with Gasteiger partial charge in [-0.1, -0.05) is 252 Å². The maximum absolute atomic E-state index is 6.75. The van der Waals surface area contributed by atoms with Crippen molar-refractivity contribution in [2.45, 2.75) is 117 Å². The number of fused-ring (bicyclic) bond motifs is 14.